The Balaban J connectivity index is 0.954. The Morgan fingerprint density at radius 3 is 1.47 bits per heavy atom. The molecule has 2 fully saturated rings. The van der Waals surface area contributed by atoms with Crippen molar-refractivity contribution < 1.29 is 0 Å². The first kappa shape index (κ1) is 44.3. The van der Waals surface area contributed by atoms with Crippen LogP contribution in [0.15, 0.2) is 188 Å². The minimum Gasteiger partial charge on any atom is -0.310 e. The van der Waals surface area contributed by atoms with Crippen LogP contribution in [0.2, 0.25) is 0 Å². The SMILES string of the molecule is CC(C)(C)c1ccc2c(c1)-c1cc(C(C)(C)C)ccc1C21c2ccccc2-c2ccc(N(c3ccc(-c4cccc5c4C(C)(C)c4ccccc4-5)cc3)c3ccc4c(c3)C3(CC5CCC3C5)c3ccccc3-4)cc21. The van der Waals surface area contributed by atoms with Crippen LogP contribution >= 0.6 is 0 Å². The molecule has 6 aliphatic rings. The molecule has 9 aromatic rings. The Morgan fingerprint density at radius 1 is 0.392 bits per heavy atom. The molecule has 362 valence electrons. The normalized spacial score (nSPS) is 20.2. The number of benzene rings is 9. The lowest BCUT2D eigenvalue weighted by Gasteiger charge is -2.37. The zero-order valence-corrected chi connectivity index (χ0v) is 44.3. The summed E-state index contributed by atoms with van der Waals surface area (Å²) >= 11 is 0. The number of rotatable bonds is 4. The minimum atomic E-state index is -0.486. The summed E-state index contributed by atoms with van der Waals surface area (Å²) in [5.41, 5.74) is 30.8. The molecule has 0 amide bonds. The fraction of sp³-hybridized carbons (Fsp3) is 0.260. The molecule has 0 radical (unpaired) electrons. The van der Waals surface area contributed by atoms with E-state index in [1.807, 2.05) is 0 Å². The summed E-state index contributed by atoms with van der Waals surface area (Å²) in [6.45, 7) is 18.9. The van der Waals surface area contributed by atoms with Crippen molar-refractivity contribution in [3.63, 3.8) is 0 Å². The van der Waals surface area contributed by atoms with E-state index in [-0.39, 0.29) is 21.7 Å². The molecule has 0 saturated heterocycles. The number of nitrogens with zero attached hydrogens (tertiary/aromatic N) is 1. The van der Waals surface area contributed by atoms with Gasteiger partial charge in [-0.1, -0.05) is 213 Å². The Labute approximate surface area is 439 Å². The Bertz CT molecular complexity index is 3800. The molecule has 0 N–H and O–H groups in total. The van der Waals surface area contributed by atoms with Crippen molar-refractivity contribution >= 4 is 17.1 Å². The van der Waals surface area contributed by atoms with Gasteiger partial charge >= 0.3 is 0 Å². The van der Waals surface area contributed by atoms with Gasteiger partial charge in [-0.2, -0.15) is 0 Å². The predicted molar refractivity (Wildman–Crippen MR) is 309 cm³/mol. The first-order valence-electron chi connectivity index (χ1n) is 27.6. The first-order chi connectivity index (χ1) is 35.7. The smallest absolute Gasteiger partial charge is 0.0726 e. The topological polar surface area (TPSA) is 3.24 Å². The average Bonchev–Trinajstić information content (AvgIpc) is 4.25. The highest BCUT2D eigenvalue weighted by atomic mass is 15.1. The van der Waals surface area contributed by atoms with Crippen LogP contribution in [0.3, 0.4) is 0 Å². The van der Waals surface area contributed by atoms with Crippen molar-refractivity contribution in [2.75, 3.05) is 4.90 Å². The molecule has 2 bridgehead atoms. The molecule has 74 heavy (non-hydrogen) atoms. The first-order valence-corrected chi connectivity index (χ1v) is 27.6. The molecule has 6 aliphatic carbocycles. The number of anilines is 3. The zero-order valence-electron chi connectivity index (χ0n) is 44.3. The summed E-state index contributed by atoms with van der Waals surface area (Å²) in [5.74, 6) is 1.48. The van der Waals surface area contributed by atoms with Crippen molar-refractivity contribution in [3.05, 3.63) is 244 Å². The van der Waals surface area contributed by atoms with Gasteiger partial charge < -0.3 is 4.90 Å². The maximum absolute atomic E-state index is 2.63. The van der Waals surface area contributed by atoms with Crippen LogP contribution in [-0.4, -0.2) is 0 Å². The minimum absolute atomic E-state index is 0.0108. The van der Waals surface area contributed by atoms with Crippen molar-refractivity contribution in [3.8, 4) is 55.6 Å². The molecule has 15 rings (SSSR count). The van der Waals surface area contributed by atoms with E-state index in [4.69, 9.17) is 0 Å². The maximum Gasteiger partial charge on any atom is 0.0726 e. The van der Waals surface area contributed by atoms with E-state index in [2.05, 4.69) is 248 Å². The number of hydrogen-bond acceptors (Lipinski definition) is 1. The molecule has 0 aliphatic heterocycles. The number of fused-ring (bicyclic) bond motifs is 21. The monoisotopic (exact) mass is 956 g/mol. The molecule has 9 aromatic carbocycles. The maximum atomic E-state index is 2.63. The van der Waals surface area contributed by atoms with Crippen LogP contribution in [0.5, 0.6) is 0 Å². The predicted octanol–water partition coefficient (Wildman–Crippen LogP) is 19.2. The fourth-order valence-electron chi connectivity index (χ4n) is 16.1. The van der Waals surface area contributed by atoms with Gasteiger partial charge in [0.15, 0.2) is 0 Å². The molecule has 1 nitrogen and oxygen atoms in total. The van der Waals surface area contributed by atoms with Gasteiger partial charge in [-0.05, 0) is 190 Å². The van der Waals surface area contributed by atoms with Crippen molar-refractivity contribution in [1.82, 2.24) is 0 Å². The molecule has 3 atom stereocenters. The van der Waals surface area contributed by atoms with Gasteiger partial charge in [0.05, 0.1) is 5.41 Å². The lowest BCUT2D eigenvalue weighted by Crippen LogP contribution is -2.32. The van der Waals surface area contributed by atoms with Gasteiger partial charge in [-0.3, -0.25) is 0 Å². The third-order valence-corrected chi connectivity index (χ3v) is 19.5. The quantitative estimate of drug-likeness (QED) is 0.170. The molecule has 2 spiro atoms. The summed E-state index contributed by atoms with van der Waals surface area (Å²) < 4.78 is 0. The summed E-state index contributed by atoms with van der Waals surface area (Å²) in [6, 6.07) is 74.1. The van der Waals surface area contributed by atoms with Gasteiger partial charge in [-0.25, -0.2) is 0 Å². The second-order valence-electron chi connectivity index (χ2n) is 25.7. The van der Waals surface area contributed by atoms with E-state index in [0.717, 1.165) is 5.92 Å². The van der Waals surface area contributed by atoms with Crippen molar-refractivity contribution in [2.24, 2.45) is 11.8 Å². The van der Waals surface area contributed by atoms with E-state index in [1.54, 1.807) is 11.1 Å². The molecular weight excluding hydrogens is 891 g/mol. The summed E-state index contributed by atoms with van der Waals surface area (Å²) in [4.78, 5) is 2.60. The third-order valence-electron chi connectivity index (χ3n) is 19.5. The molecule has 2 saturated carbocycles. The molecule has 0 heterocycles. The molecule has 0 aromatic heterocycles. The summed E-state index contributed by atoms with van der Waals surface area (Å²) in [7, 11) is 0. The summed E-state index contributed by atoms with van der Waals surface area (Å²) in [5, 5.41) is 0. The van der Waals surface area contributed by atoms with Crippen LogP contribution in [0, 0.1) is 11.8 Å². The average molecular weight is 956 g/mol. The van der Waals surface area contributed by atoms with Gasteiger partial charge in [0.25, 0.3) is 0 Å². The molecule has 3 unspecified atom stereocenters. The highest BCUT2D eigenvalue weighted by molar-refractivity contribution is 5.97. The van der Waals surface area contributed by atoms with E-state index in [1.165, 1.54) is 143 Å². The largest absolute Gasteiger partial charge is 0.310 e. The van der Waals surface area contributed by atoms with E-state index >= 15 is 0 Å². The van der Waals surface area contributed by atoms with Crippen LogP contribution in [0.25, 0.3) is 55.6 Å². The van der Waals surface area contributed by atoms with E-state index < -0.39 is 5.41 Å². The zero-order chi connectivity index (χ0) is 50.3. The lowest BCUT2D eigenvalue weighted by atomic mass is 9.67. The van der Waals surface area contributed by atoms with Crippen LogP contribution in [0.4, 0.5) is 17.1 Å². The Hall–Kier alpha value is -7.22. The summed E-state index contributed by atoms with van der Waals surface area (Å²) in [6.07, 6.45) is 5.30. The third kappa shape index (κ3) is 5.77. The van der Waals surface area contributed by atoms with Crippen LogP contribution < -0.4 is 4.90 Å². The van der Waals surface area contributed by atoms with Crippen LogP contribution in [-0.2, 0) is 27.1 Å². The molecular formula is C73H65N. The number of hydrogen-bond donors (Lipinski definition) is 0. The van der Waals surface area contributed by atoms with Crippen molar-refractivity contribution in [1.29, 1.82) is 0 Å². The van der Waals surface area contributed by atoms with E-state index in [9.17, 15) is 0 Å². The van der Waals surface area contributed by atoms with Crippen LogP contribution in [0.1, 0.15) is 137 Å². The second-order valence-corrected chi connectivity index (χ2v) is 25.7. The van der Waals surface area contributed by atoms with Gasteiger partial charge in [0, 0.05) is 27.9 Å². The highest BCUT2D eigenvalue weighted by Gasteiger charge is 2.57. The Kier molecular flexibility index (Phi) is 8.96. The highest BCUT2D eigenvalue weighted by Crippen LogP contribution is 2.67. The second kappa shape index (κ2) is 15.0. The fourth-order valence-corrected chi connectivity index (χ4v) is 16.1. The standard InChI is InChI=1S/C73H65N/c1-69(2,3)46-28-36-64-59(39-46)60-40-47(70(4,5)6)29-37-65(60)73(64)63-23-14-11-17-54(63)57-35-33-51(42-67(57)73)74(50-32-34-56-53-16-10-13-22-62(53)72(66(56)41-50)43-44-24-27-48(72)38-44)49-30-25-45(26-31-49)52-19-15-20-58-55-18-9-12-21-61(55)71(7,8)68(52)58/h9-23,25-26,28-37,39-42,44,48H,24,27,38,43H2,1-8H3. The van der Waals surface area contributed by atoms with E-state index in [0.29, 0.717) is 5.92 Å². The van der Waals surface area contributed by atoms with Gasteiger partial charge in [-0.15, -0.1) is 0 Å². The Morgan fingerprint density at radius 2 is 0.878 bits per heavy atom. The van der Waals surface area contributed by atoms with Crippen molar-refractivity contribution in [2.45, 2.75) is 108 Å². The molecule has 1 heteroatoms. The van der Waals surface area contributed by atoms with Gasteiger partial charge in [0.1, 0.15) is 0 Å². The lowest BCUT2D eigenvalue weighted by molar-refractivity contribution is 0.327. The van der Waals surface area contributed by atoms with Gasteiger partial charge in [0.2, 0.25) is 0 Å².